The van der Waals surface area contributed by atoms with Crippen LogP contribution in [0.1, 0.15) is 20.3 Å². The maximum atomic E-state index is 11.7. The third-order valence-corrected chi connectivity index (χ3v) is 2.34. The van der Waals surface area contributed by atoms with E-state index in [-0.39, 0.29) is 18.4 Å². The van der Waals surface area contributed by atoms with Gasteiger partial charge in [0, 0.05) is 7.05 Å². The number of rotatable bonds is 1. The summed E-state index contributed by atoms with van der Waals surface area (Å²) in [7, 11) is 1.68. The Kier molecular flexibility index (Phi) is 3.66. The first-order chi connectivity index (χ1) is 7.11. The molecule has 0 radical (unpaired) electrons. The van der Waals surface area contributed by atoms with Crippen LogP contribution in [0.5, 0.6) is 0 Å². The Morgan fingerprint density at radius 1 is 1.47 bits per heavy atom. The molecule has 2 amide bonds. The molecule has 0 aliphatic carbocycles. The van der Waals surface area contributed by atoms with E-state index in [0.717, 1.165) is 6.42 Å². The normalized spacial score (nSPS) is 23.3. The standard InChI is InChI=1S/C11H16N2O2/c1-4-6-8-9(5-2)13(3)10(14)7-12-11(8)15/h5-6H,4,7H2,1-3H3,(H,12,15)/b8-6+,9-5+. The van der Waals surface area contributed by atoms with Gasteiger partial charge in [-0.25, -0.2) is 0 Å². The minimum atomic E-state index is -0.178. The lowest BCUT2D eigenvalue weighted by molar-refractivity contribution is -0.128. The predicted molar refractivity (Wildman–Crippen MR) is 57.9 cm³/mol. The number of hydrogen-bond acceptors (Lipinski definition) is 2. The highest BCUT2D eigenvalue weighted by molar-refractivity contribution is 6.02. The SMILES string of the molecule is C/C=C1\C(=C/CC)C(=O)NCC(=O)N1C. The number of nitrogens with one attached hydrogen (secondary N) is 1. The zero-order valence-electron chi connectivity index (χ0n) is 9.33. The van der Waals surface area contributed by atoms with Gasteiger partial charge >= 0.3 is 0 Å². The molecule has 1 heterocycles. The van der Waals surface area contributed by atoms with Gasteiger partial charge in [0.25, 0.3) is 5.91 Å². The monoisotopic (exact) mass is 208 g/mol. The number of hydrogen-bond donors (Lipinski definition) is 1. The quantitative estimate of drug-likeness (QED) is 0.648. The predicted octanol–water partition coefficient (Wildman–Crippen LogP) is 0.815. The van der Waals surface area contributed by atoms with E-state index in [1.807, 2.05) is 19.9 Å². The molecule has 0 spiro atoms. The fourth-order valence-electron chi connectivity index (χ4n) is 1.55. The molecule has 0 aromatic heterocycles. The zero-order valence-corrected chi connectivity index (χ0v) is 9.33. The van der Waals surface area contributed by atoms with Crippen LogP contribution in [0.4, 0.5) is 0 Å². The fraction of sp³-hybridized carbons (Fsp3) is 0.455. The Labute approximate surface area is 89.6 Å². The van der Waals surface area contributed by atoms with Crippen LogP contribution in [0.2, 0.25) is 0 Å². The maximum absolute atomic E-state index is 11.7. The highest BCUT2D eigenvalue weighted by atomic mass is 16.2. The van der Waals surface area contributed by atoms with Gasteiger partial charge in [-0.3, -0.25) is 9.59 Å². The third-order valence-electron chi connectivity index (χ3n) is 2.34. The van der Waals surface area contributed by atoms with Crippen molar-refractivity contribution in [3.8, 4) is 0 Å². The van der Waals surface area contributed by atoms with E-state index in [1.54, 1.807) is 13.1 Å². The number of carbonyl (C=O) groups excluding carboxylic acids is 2. The molecule has 1 saturated heterocycles. The van der Waals surface area contributed by atoms with E-state index in [2.05, 4.69) is 5.32 Å². The summed E-state index contributed by atoms with van der Waals surface area (Å²) >= 11 is 0. The molecule has 0 bridgehead atoms. The molecule has 0 aromatic rings. The molecule has 4 nitrogen and oxygen atoms in total. The van der Waals surface area contributed by atoms with Crippen molar-refractivity contribution in [3.63, 3.8) is 0 Å². The molecule has 0 aromatic carbocycles. The molecule has 82 valence electrons. The summed E-state index contributed by atoms with van der Waals surface area (Å²) in [6.45, 7) is 3.84. The van der Waals surface area contributed by atoms with Crippen LogP contribution in [0.3, 0.4) is 0 Å². The molecule has 1 rings (SSSR count). The minimum absolute atomic E-state index is 0.0632. The summed E-state index contributed by atoms with van der Waals surface area (Å²) in [5.41, 5.74) is 1.25. The Balaban J connectivity index is 3.16. The van der Waals surface area contributed by atoms with Gasteiger partial charge in [-0.1, -0.05) is 19.1 Å². The molecule has 1 fully saturated rings. The van der Waals surface area contributed by atoms with E-state index in [0.29, 0.717) is 11.3 Å². The number of amides is 2. The van der Waals surface area contributed by atoms with Gasteiger partial charge in [-0.2, -0.15) is 0 Å². The fourth-order valence-corrected chi connectivity index (χ4v) is 1.55. The topological polar surface area (TPSA) is 49.4 Å². The van der Waals surface area contributed by atoms with Gasteiger partial charge in [0.1, 0.15) is 0 Å². The van der Waals surface area contributed by atoms with Gasteiger partial charge in [-0.15, -0.1) is 0 Å². The molecule has 15 heavy (non-hydrogen) atoms. The molecule has 0 saturated carbocycles. The van der Waals surface area contributed by atoms with Crippen LogP contribution >= 0.6 is 0 Å². The lowest BCUT2D eigenvalue weighted by Gasteiger charge is -2.17. The van der Waals surface area contributed by atoms with Crippen LogP contribution < -0.4 is 5.32 Å². The first-order valence-electron chi connectivity index (χ1n) is 5.03. The summed E-state index contributed by atoms with van der Waals surface area (Å²) < 4.78 is 0. The molecule has 1 aliphatic rings. The highest BCUT2D eigenvalue weighted by Crippen LogP contribution is 2.17. The van der Waals surface area contributed by atoms with Gasteiger partial charge in [0.05, 0.1) is 17.8 Å². The smallest absolute Gasteiger partial charge is 0.253 e. The van der Waals surface area contributed by atoms with Crippen molar-refractivity contribution in [2.45, 2.75) is 20.3 Å². The molecular formula is C11H16N2O2. The van der Waals surface area contributed by atoms with E-state index in [1.165, 1.54) is 4.90 Å². The van der Waals surface area contributed by atoms with Crippen LogP contribution in [-0.4, -0.2) is 30.3 Å². The molecule has 1 N–H and O–H groups in total. The molecule has 1 aliphatic heterocycles. The number of nitrogens with zero attached hydrogens (tertiary/aromatic N) is 1. The summed E-state index contributed by atoms with van der Waals surface area (Å²) in [5.74, 6) is -0.279. The average molecular weight is 208 g/mol. The van der Waals surface area contributed by atoms with E-state index in [4.69, 9.17) is 0 Å². The summed E-state index contributed by atoms with van der Waals surface area (Å²) in [4.78, 5) is 24.7. The molecule has 4 heteroatoms. The molecule has 0 atom stereocenters. The third kappa shape index (κ3) is 2.26. The van der Waals surface area contributed by atoms with Crippen molar-refractivity contribution in [1.29, 1.82) is 0 Å². The maximum Gasteiger partial charge on any atom is 0.253 e. The van der Waals surface area contributed by atoms with Crippen molar-refractivity contribution in [2.24, 2.45) is 0 Å². The lowest BCUT2D eigenvalue weighted by Crippen LogP contribution is -2.31. The summed E-state index contributed by atoms with van der Waals surface area (Å²) in [6.07, 6.45) is 4.38. The first-order valence-corrected chi connectivity index (χ1v) is 5.03. The Bertz CT molecular complexity index is 342. The number of allylic oxidation sites excluding steroid dienone is 2. The average Bonchev–Trinajstić information content (AvgIpc) is 2.32. The van der Waals surface area contributed by atoms with Crippen LogP contribution in [-0.2, 0) is 9.59 Å². The van der Waals surface area contributed by atoms with Crippen LogP contribution in [0.15, 0.2) is 23.4 Å². The highest BCUT2D eigenvalue weighted by Gasteiger charge is 2.25. The minimum Gasteiger partial charge on any atom is -0.343 e. The largest absolute Gasteiger partial charge is 0.343 e. The second-order valence-electron chi connectivity index (χ2n) is 3.34. The zero-order chi connectivity index (χ0) is 11.4. The summed E-state index contributed by atoms with van der Waals surface area (Å²) in [5, 5.41) is 2.58. The van der Waals surface area contributed by atoms with Crippen LogP contribution in [0.25, 0.3) is 0 Å². The van der Waals surface area contributed by atoms with E-state index in [9.17, 15) is 9.59 Å². The second kappa shape index (κ2) is 4.77. The molecular weight excluding hydrogens is 192 g/mol. The van der Waals surface area contributed by atoms with Crippen molar-refractivity contribution in [1.82, 2.24) is 10.2 Å². The van der Waals surface area contributed by atoms with Crippen molar-refractivity contribution < 1.29 is 9.59 Å². The number of carbonyl (C=O) groups is 2. The van der Waals surface area contributed by atoms with E-state index >= 15 is 0 Å². The van der Waals surface area contributed by atoms with Gasteiger partial charge < -0.3 is 10.2 Å². The van der Waals surface area contributed by atoms with Crippen LogP contribution in [0, 0.1) is 0 Å². The lowest BCUT2D eigenvalue weighted by atomic mass is 10.1. The summed E-state index contributed by atoms with van der Waals surface area (Å²) in [6, 6.07) is 0. The van der Waals surface area contributed by atoms with Crippen molar-refractivity contribution >= 4 is 11.8 Å². The second-order valence-corrected chi connectivity index (χ2v) is 3.34. The van der Waals surface area contributed by atoms with Crippen molar-refractivity contribution in [3.05, 3.63) is 23.4 Å². The van der Waals surface area contributed by atoms with Gasteiger partial charge in [0.2, 0.25) is 5.91 Å². The van der Waals surface area contributed by atoms with Gasteiger partial charge in [-0.05, 0) is 13.3 Å². The Hall–Kier alpha value is -1.58. The Morgan fingerprint density at radius 2 is 2.13 bits per heavy atom. The molecule has 0 unspecified atom stereocenters. The Morgan fingerprint density at radius 3 is 2.67 bits per heavy atom. The number of likely N-dealkylation sites (N-methyl/N-ethyl adjacent to an activating group) is 1. The van der Waals surface area contributed by atoms with Crippen molar-refractivity contribution in [2.75, 3.05) is 13.6 Å². The first kappa shape index (κ1) is 11.5. The van der Waals surface area contributed by atoms with E-state index < -0.39 is 0 Å². The van der Waals surface area contributed by atoms with Gasteiger partial charge in [0.15, 0.2) is 0 Å².